The number of fused-ring (bicyclic) bond motifs is 1. The maximum Gasteiger partial charge on any atom is 0.231 e. The molecule has 0 spiro atoms. The van der Waals surface area contributed by atoms with Crippen molar-refractivity contribution in [1.82, 2.24) is 0 Å². The van der Waals surface area contributed by atoms with Gasteiger partial charge >= 0.3 is 0 Å². The summed E-state index contributed by atoms with van der Waals surface area (Å²) in [5.74, 6) is 1.30. The van der Waals surface area contributed by atoms with Crippen molar-refractivity contribution in [3.05, 3.63) is 49.6 Å². The second-order valence-corrected chi connectivity index (χ2v) is 6.60. The van der Waals surface area contributed by atoms with Gasteiger partial charge in [0.05, 0.1) is 9.21 Å². The summed E-state index contributed by atoms with van der Waals surface area (Å²) in [7, 11) is 0. The third-order valence-electron chi connectivity index (χ3n) is 2.72. The highest BCUT2D eigenvalue weighted by atomic mass is 79.9. The maximum absolute atomic E-state index is 12.0. The van der Waals surface area contributed by atoms with Gasteiger partial charge in [0.2, 0.25) is 6.79 Å². The molecule has 0 unspecified atom stereocenters. The van der Waals surface area contributed by atoms with Gasteiger partial charge in [-0.3, -0.25) is 4.79 Å². The van der Waals surface area contributed by atoms with E-state index in [4.69, 9.17) is 21.1 Å². The van der Waals surface area contributed by atoms with Crippen LogP contribution in [0.25, 0.3) is 6.08 Å². The van der Waals surface area contributed by atoms with E-state index in [-0.39, 0.29) is 12.6 Å². The molecule has 0 N–H and O–H groups in total. The van der Waals surface area contributed by atoms with Crippen LogP contribution in [0.4, 0.5) is 0 Å². The molecule has 1 aliphatic rings. The van der Waals surface area contributed by atoms with Crippen LogP contribution < -0.4 is 9.47 Å². The summed E-state index contributed by atoms with van der Waals surface area (Å²) in [6, 6.07) is 7.09. The summed E-state index contributed by atoms with van der Waals surface area (Å²) in [6.07, 6.45) is 3.26. The Hall–Kier alpha value is -1.30. The van der Waals surface area contributed by atoms with E-state index in [2.05, 4.69) is 15.9 Å². The Balaban J connectivity index is 1.84. The van der Waals surface area contributed by atoms with Crippen LogP contribution in [0, 0.1) is 0 Å². The molecule has 0 aliphatic carbocycles. The number of hydrogen-bond donors (Lipinski definition) is 0. The van der Waals surface area contributed by atoms with E-state index in [1.54, 1.807) is 18.2 Å². The van der Waals surface area contributed by atoms with Gasteiger partial charge < -0.3 is 9.47 Å². The minimum absolute atomic E-state index is 0.0773. The Morgan fingerprint density at radius 2 is 2.05 bits per heavy atom. The van der Waals surface area contributed by atoms with E-state index in [1.165, 1.54) is 17.4 Å². The average molecular weight is 372 g/mol. The molecule has 6 heteroatoms. The molecule has 0 saturated heterocycles. The third kappa shape index (κ3) is 2.75. The van der Waals surface area contributed by atoms with Gasteiger partial charge in [-0.25, -0.2) is 0 Å². The number of ketones is 1. The predicted molar refractivity (Wildman–Crippen MR) is 83.0 cm³/mol. The third-order valence-corrected chi connectivity index (χ3v) is 4.65. The molecule has 1 aromatic heterocycles. The quantitative estimate of drug-likeness (QED) is 0.575. The monoisotopic (exact) mass is 370 g/mol. The Labute approximate surface area is 132 Å². The fourth-order valence-electron chi connectivity index (χ4n) is 1.75. The van der Waals surface area contributed by atoms with Gasteiger partial charge in [-0.1, -0.05) is 27.5 Å². The molecule has 2 heterocycles. The summed E-state index contributed by atoms with van der Waals surface area (Å²) >= 11 is 10.5. The average Bonchev–Trinajstić information content (AvgIpc) is 3.04. The molecule has 0 radical (unpaired) electrons. The van der Waals surface area contributed by atoms with Crippen LogP contribution in [0.5, 0.6) is 11.5 Å². The number of carbonyl (C=O) groups is 1. The van der Waals surface area contributed by atoms with E-state index in [9.17, 15) is 4.79 Å². The number of allylic oxidation sites excluding steroid dienone is 1. The van der Waals surface area contributed by atoms with Gasteiger partial charge in [-0.05, 0) is 42.0 Å². The molecule has 1 aromatic carbocycles. The molecule has 0 atom stereocenters. The molecule has 102 valence electrons. The van der Waals surface area contributed by atoms with Crippen LogP contribution in [-0.4, -0.2) is 12.6 Å². The molecule has 1 aliphatic heterocycles. The number of hydrogen-bond acceptors (Lipinski definition) is 4. The van der Waals surface area contributed by atoms with Gasteiger partial charge in [0, 0.05) is 4.47 Å². The van der Waals surface area contributed by atoms with Gasteiger partial charge in [-0.2, -0.15) is 0 Å². The lowest BCUT2D eigenvalue weighted by atomic mass is 10.1. The second-order valence-electron chi connectivity index (χ2n) is 4.03. The van der Waals surface area contributed by atoms with Crippen molar-refractivity contribution in [1.29, 1.82) is 0 Å². The number of thiophene rings is 1. The zero-order valence-corrected chi connectivity index (χ0v) is 13.2. The first-order valence-corrected chi connectivity index (χ1v) is 7.69. The predicted octanol–water partition coefficient (Wildman–Crippen LogP) is 4.79. The van der Waals surface area contributed by atoms with Crippen LogP contribution in [0.15, 0.2) is 34.8 Å². The highest BCUT2D eigenvalue weighted by Gasteiger charge is 2.15. The molecule has 0 amide bonds. The molecule has 2 aromatic rings. The number of rotatable bonds is 3. The van der Waals surface area contributed by atoms with Crippen LogP contribution in [0.1, 0.15) is 15.2 Å². The van der Waals surface area contributed by atoms with Crippen molar-refractivity contribution >= 4 is 50.7 Å². The highest BCUT2D eigenvalue weighted by Crippen LogP contribution is 2.37. The van der Waals surface area contributed by atoms with E-state index in [1.807, 2.05) is 12.1 Å². The maximum atomic E-state index is 12.0. The molecule has 0 saturated carbocycles. The Bertz CT molecular complexity index is 708. The number of halogens is 2. The van der Waals surface area contributed by atoms with Crippen molar-refractivity contribution in [3.8, 4) is 11.5 Å². The minimum atomic E-state index is -0.0773. The zero-order chi connectivity index (χ0) is 14.1. The first-order chi connectivity index (χ1) is 9.63. The van der Waals surface area contributed by atoms with E-state index >= 15 is 0 Å². The van der Waals surface area contributed by atoms with Crippen molar-refractivity contribution in [2.45, 2.75) is 0 Å². The van der Waals surface area contributed by atoms with Crippen LogP contribution in [0.2, 0.25) is 4.34 Å². The lowest BCUT2D eigenvalue weighted by molar-refractivity contribution is 0.105. The smallest absolute Gasteiger partial charge is 0.231 e. The summed E-state index contributed by atoms with van der Waals surface area (Å²) in [5.41, 5.74) is 0.852. The molecule has 3 nitrogen and oxygen atoms in total. The topological polar surface area (TPSA) is 35.5 Å². The Morgan fingerprint density at radius 3 is 2.75 bits per heavy atom. The SMILES string of the molecule is O=C(/C=C/c1cc2c(cc1Br)OCO2)c1ccc(Cl)s1. The second kappa shape index (κ2) is 5.60. The summed E-state index contributed by atoms with van der Waals surface area (Å²) in [5, 5.41) is 0. The molecule has 0 bridgehead atoms. The molecular weight excluding hydrogens is 364 g/mol. The molecule has 0 fully saturated rings. The fourth-order valence-corrected chi connectivity index (χ4v) is 3.17. The summed E-state index contributed by atoms with van der Waals surface area (Å²) in [4.78, 5) is 12.6. The van der Waals surface area contributed by atoms with Crippen molar-refractivity contribution in [3.63, 3.8) is 0 Å². The first kappa shape index (κ1) is 13.7. The fraction of sp³-hybridized carbons (Fsp3) is 0.0714. The Morgan fingerprint density at radius 1 is 1.30 bits per heavy atom. The number of benzene rings is 1. The van der Waals surface area contributed by atoms with E-state index < -0.39 is 0 Å². The number of carbonyl (C=O) groups excluding carboxylic acids is 1. The van der Waals surface area contributed by atoms with Crippen molar-refractivity contribution in [2.75, 3.05) is 6.79 Å². The normalized spacial score (nSPS) is 13.1. The van der Waals surface area contributed by atoms with E-state index in [0.29, 0.717) is 20.7 Å². The summed E-state index contributed by atoms with van der Waals surface area (Å²) < 4.78 is 12.0. The van der Waals surface area contributed by atoms with Gasteiger partial charge in [0.25, 0.3) is 0 Å². The first-order valence-electron chi connectivity index (χ1n) is 5.70. The van der Waals surface area contributed by atoms with Crippen molar-refractivity contribution in [2.24, 2.45) is 0 Å². The zero-order valence-electron chi connectivity index (χ0n) is 10.1. The summed E-state index contributed by atoms with van der Waals surface area (Å²) in [6.45, 7) is 0.224. The van der Waals surface area contributed by atoms with Crippen LogP contribution in [-0.2, 0) is 0 Å². The van der Waals surface area contributed by atoms with Crippen LogP contribution >= 0.6 is 38.9 Å². The van der Waals surface area contributed by atoms with Gasteiger partial charge in [-0.15, -0.1) is 11.3 Å². The lowest BCUT2D eigenvalue weighted by Gasteiger charge is -2.01. The lowest BCUT2D eigenvalue weighted by Crippen LogP contribution is -1.92. The molecule has 20 heavy (non-hydrogen) atoms. The van der Waals surface area contributed by atoms with E-state index in [0.717, 1.165) is 10.0 Å². The Kier molecular flexibility index (Phi) is 3.83. The van der Waals surface area contributed by atoms with Gasteiger partial charge in [0.15, 0.2) is 17.3 Å². The largest absolute Gasteiger partial charge is 0.454 e. The molecular formula is C14H8BrClO3S. The highest BCUT2D eigenvalue weighted by molar-refractivity contribution is 9.10. The minimum Gasteiger partial charge on any atom is -0.454 e. The number of ether oxygens (including phenoxy) is 2. The standard InChI is InChI=1S/C14H8BrClO3S/c15-9-6-12-11(18-7-19-12)5-8(9)1-2-10(17)13-3-4-14(16)20-13/h1-6H,7H2/b2-1+. The van der Waals surface area contributed by atoms with Crippen LogP contribution in [0.3, 0.4) is 0 Å². The van der Waals surface area contributed by atoms with Crippen molar-refractivity contribution < 1.29 is 14.3 Å². The van der Waals surface area contributed by atoms with Gasteiger partial charge in [0.1, 0.15) is 0 Å². The molecule has 3 rings (SSSR count).